The fraction of sp³-hybridized carbons (Fsp3) is 0.222. The van der Waals surface area contributed by atoms with Crippen molar-refractivity contribution < 1.29 is 26.4 Å². The van der Waals surface area contributed by atoms with Crippen molar-refractivity contribution in [2.45, 2.75) is 13.1 Å². The van der Waals surface area contributed by atoms with Crippen LogP contribution >= 0.6 is 11.6 Å². The van der Waals surface area contributed by atoms with Gasteiger partial charge >= 0.3 is 6.18 Å². The fourth-order valence-electron chi connectivity index (χ4n) is 2.34. The Morgan fingerprint density at radius 3 is 2.34 bits per heavy atom. The monoisotopic (exact) mass is 447 g/mol. The molecule has 2 aromatic carbocycles. The van der Waals surface area contributed by atoms with Gasteiger partial charge in [-0.05, 0) is 30.7 Å². The van der Waals surface area contributed by atoms with Gasteiger partial charge in [-0.25, -0.2) is 13.8 Å². The third-order valence-corrected chi connectivity index (χ3v) is 5.24. The Morgan fingerprint density at radius 2 is 1.79 bits per heavy atom. The highest BCUT2D eigenvalue weighted by molar-refractivity contribution is 7.92. The number of hydrogen-bond donors (Lipinski definition) is 1. The van der Waals surface area contributed by atoms with Gasteiger partial charge in [0.15, 0.2) is 0 Å². The number of alkyl halides is 3. The van der Waals surface area contributed by atoms with E-state index in [-0.39, 0.29) is 5.69 Å². The van der Waals surface area contributed by atoms with E-state index in [0.717, 1.165) is 24.0 Å². The van der Waals surface area contributed by atoms with Crippen LogP contribution in [0.5, 0.6) is 0 Å². The Kier molecular flexibility index (Phi) is 6.91. The molecule has 0 fully saturated rings. The van der Waals surface area contributed by atoms with Gasteiger partial charge in [-0.2, -0.15) is 18.3 Å². The molecule has 0 spiro atoms. The minimum Gasteiger partial charge on any atom is -0.271 e. The van der Waals surface area contributed by atoms with Crippen molar-refractivity contribution in [3.8, 4) is 0 Å². The number of nitrogens with one attached hydrogen (secondary N) is 1. The molecule has 1 amide bonds. The number of halogens is 4. The van der Waals surface area contributed by atoms with Crippen LogP contribution in [0.25, 0.3) is 0 Å². The van der Waals surface area contributed by atoms with Crippen LogP contribution < -0.4 is 9.73 Å². The number of hydrogen-bond acceptors (Lipinski definition) is 4. The quantitative estimate of drug-likeness (QED) is 0.542. The molecule has 0 bridgehead atoms. The van der Waals surface area contributed by atoms with Crippen LogP contribution in [0.15, 0.2) is 53.6 Å². The molecule has 0 atom stereocenters. The Labute approximate surface area is 171 Å². The lowest BCUT2D eigenvalue weighted by Crippen LogP contribution is -2.39. The van der Waals surface area contributed by atoms with Gasteiger partial charge < -0.3 is 0 Å². The average molecular weight is 448 g/mol. The molecule has 6 nitrogen and oxygen atoms in total. The van der Waals surface area contributed by atoms with Gasteiger partial charge in [0.2, 0.25) is 10.0 Å². The maximum atomic E-state index is 13.1. The van der Waals surface area contributed by atoms with E-state index < -0.39 is 39.2 Å². The number of carbonyl (C=O) groups is 1. The second-order valence-electron chi connectivity index (χ2n) is 6.03. The van der Waals surface area contributed by atoms with Crippen molar-refractivity contribution in [3.63, 3.8) is 0 Å². The lowest BCUT2D eigenvalue weighted by molar-refractivity contribution is -0.137. The second kappa shape index (κ2) is 8.83. The summed E-state index contributed by atoms with van der Waals surface area (Å²) >= 11 is 5.56. The Morgan fingerprint density at radius 1 is 1.17 bits per heavy atom. The number of benzene rings is 2. The van der Waals surface area contributed by atoms with Gasteiger partial charge in [0, 0.05) is 0 Å². The molecular weight excluding hydrogens is 431 g/mol. The molecule has 1 N–H and O–H groups in total. The van der Waals surface area contributed by atoms with Gasteiger partial charge in [-0.15, -0.1) is 0 Å². The smallest absolute Gasteiger partial charge is 0.271 e. The van der Waals surface area contributed by atoms with Crippen LogP contribution in [0.3, 0.4) is 0 Å². The standard InChI is InChI=1S/C18H17ClF3N3O3S/c1-12(13-6-4-3-5-7-13)23-24-17(26)11-25(29(2,27)28)14-8-9-16(19)15(10-14)18(20,21)22/h3-10H,11H2,1-2H3,(H,24,26)/b23-12-. The highest BCUT2D eigenvalue weighted by Gasteiger charge is 2.34. The molecule has 2 rings (SSSR count). The van der Waals surface area contributed by atoms with Crippen molar-refractivity contribution in [1.82, 2.24) is 5.43 Å². The first-order valence-corrected chi connectivity index (χ1v) is 10.3. The molecule has 0 aliphatic carbocycles. The van der Waals surface area contributed by atoms with Crippen LogP contribution in [-0.4, -0.2) is 32.8 Å². The molecule has 0 aliphatic heterocycles. The Hall–Kier alpha value is -2.59. The van der Waals surface area contributed by atoms with E-state index >= 15 is 0 Å². The molecule has 0 saturated carbocycles. The molecule has 0 heterocycles. The van der Waals surface area contributed by atoms with Crippen molar-refractivity contribution >= 4 is 38.9 Å². The summed E-state index contributed by atoms with van der Waals surface area (Å²) in [6.45, 7) is 0.877. The SMILES string of the molecule is C/C(=N/NC(=O)CN(c1ccc(Cl)c(C(F)(F)F)c1)S(C)(=O)=O)c1ccccc1. The third kappa shape index (κ3) is 6.20. The highest BCUT2D eigenvalue weighted by atomic mass is 35.5. The predicted octanol–water partition coefficient (Wildman–Crippen LogP) is 3.67. The van der Waals surface area contributed by atoms with Crippen molar-refractivity contribution in [3.05, 3.63) is 64.7 Å². The van der Waals surface area contributed by atoms with Gasteiger partial charge in [-0.1, -0.05) is 41.9 Å². The minimum atomic E-state index is -4.78. The topological polar surface area (TPSA) is 78.8 Å². The van der Waals surface area contributed by atoms with Crippen LogP contribution in [0.1, 0.15) is 18.1 Å². The molecule has 11 heteroatoms. The summed E-state index contributed by atoms with van der Waals surface area (Å²) in [6, 6.07) is 11.5. The maximum Gasteiger partial charge on any atom is 0.417 e. The summed E-state index contributed by atoms with van der Waals surface area (Å²) in [7, 11) is -4.07. The lowest BCUT2D eigenvalue weighted by atomic mass is 10.1. The predicted molar refractivity (Wildman–Crippen MR) is 105 cm³/mol. The summed E-state index contributed by atoms with van der Waals surface area (Å²) in [5.74, 6) is -0.825. The number of anilines is 1. The molecular formula is C18H17ClF3N3O3S. The zero-order chi connectivity index (χ0) is 21.8. The first kappa shape index (κ1) is 22.7. The van der Waals surface area contributed by atoms with E-state index in [1.165, 1.54) is 0 Å². The van der Waals surface area contributed by atoms with Crippen LogP contribution in [-0.2, 0) is 21.0 Å². The highest BCUT2D eigenvalue weighted by Crippen LogP contribution is 2.37. The Balaban J connectivity index is 2.26. The molecule has 29 heavy (non-hydrogen) atoms. The van der Waals surface area contributed by atoms with Gasteiger partial charge in [-0.3, -0.25) is 9.10 Å². The van der Waals surface area contributed by atoms with E-state index in [4.69, 9.17) is 11.6 Å². The second-order valence-corrected chi connectivity index (χ2v) is 8.34. The van der Waals surface area contributed by atoms with Crippen molar-refractivity contribution in [1.29, 1.82) is 0 Å². The molecule has 0 unspecified atom stereocenters. The number of nitrogens with zero attached hydrogens (tertiary/aromatic N) is 2. The van der Waals surface area contributed by atoms with Crippen LogP contribution in [0.4, 0.5) is 18.9 Å². The zero-order valence-electron chi connectivity index (χ0n) is 15.4. The molecule has 0 radical (unpaired) electrons. The average Bonchev–Trinajstić information content (AvgIpc) is 2.63. The van der Waals surface area contributed by atoms with Crippen molar-refractivity contribution in [2.75, 3.05) is 17.1 Å². The summed E-state index contributed by atoms with van der Waals surface area (Å²) in [5.41, 5.74) is 1.86. The van der Waals surface area contributed by atoms with Gasteiger partial charge in [0.05, 0.1) is 28.2 Å². The number of hydrazone groups is 1. The molecule has 0 aliphatic rings. The molecule has 0 aromatic heterocycles. The summed E-state index contributed by atoms with van der Waals surface area (Å²) in [4.78, 5) is 12.2. The lowest BCUT2D eigenvalue weighted by Gasteiger charge is -2.22. The largest absolute Gasteiger partial charge is 0.417 e. The summed E-state index contributed by atoms with van der Waals surface area (Å²) in [5, 5.41) is 3.31. The number of rotatable bonds is 6. The van der Waals surface area contributed by atoms with E-state index in [0.29, 0.717) is 16.1 Å². The van der Waals surface area contributed by atoms with Crippen LogP contribution in [0, 0.1) is 0 Å². The molecule has 156 valence electrons. The molecule has 0 saturated heterocycles. The van der Waals surface area contributed by atoms with Gasteiger partial charge in [0.25, 0.3) is 5.91 Å². The van der Waals surface area contributed by atoms with E-state index in [1.807, 2.05) is 0 Å². The minimum absolute atomic E-state index is 0.344. The first-order chi connectivity index (χ1) is 13.4. The first-order valence-electron chi connectivity index (χ1n) is 8.12. The van der Waals surface area contributed by atoms with E-state index in [1.54, 1.807) is 37.3 Å². The van der Waals surface area contributed by atoms with E-state index in [2.05, 4.69) is 10.5 Å². The maximum absolute atomic E-state index is 13.1. The molecule has 2 aromatic rings. The summed E-state index contributed by atoms with van der Waals surface area (Å²) in [6.07, 6.45) is -4.00. The summed E-state index contributed by atoms with van der Waals surface area (Å²) < 4.78 is 63.9. The van der Waals surface area contributed by atoms with Crippen molar-refractivity contribution in [2.24, 2.45) is 5.10 Å². The zero-order valence-corrected chi connectivity index (χ0v) is 16.9. The Bertz CT molecular complexity index is 1030. The number of sulfonamides is 1. The number of amides is 1. The van der Waals surface area contributed by atoms with Crippen LogP contribution in [0.2, 0.25) is 5.02 Å². The normalized spacial score (nSPS) is 12.6. The van der Waals surface area contributed by atoms with Gasteiger partial charge in [0.1, 0.15) is 6.54 Å². The van der Waals surface area contributed by atoms with E-state index in [9.17, 15) is 26.4 Å². The number of carbonyl (C=O) groups excluding carboxylic acids is 1. The fourth-order valence-corrected chi connectivity index (χ4v) is 3.41. The third-order valence-electron chi connectivity index (χ3n) is 3.77.